The van der Waals surface area contributed by atoms with Crippen LogP contribution in [-0.4, -0.2) is 118 Å². The van der Waals surface area contributed by atoms with Gasteiger partial charge in [-0.2, -0.15) is 0 Å². The molecule has 0 saturated carbocycles. The molecule has 6 aromatic carbocycles. The van der Waals surface area contributed by atoms with Crippen molar-refractivity contribution < 1.29 is 37.5 Å². The van der Waals surface area contributed by atoms with Gasteiger partial charge in [0, 0.05) is 78.0 Å². The Hall–Kier alpha value is -16.0. The first kappa shape index (κ1) is 72.6. The van der Waals surface area contributed by atoms with E-state index in [1.54, 1.807) is 61.7 Å². The molecule has 0 aliphatic heterocycles. The number of rotatable bonds is 21. The number of esters is 2. The summed E-state index contributed by atoms with van der Waals surface area (Å²) in [4.78, 5) is 102. The molecule has 28 heteroatoms. The highest BCUT2D eigenvalue weighted by molar-refractivity contribution is 6.42. The average molecular weight is 1490 g/mol. The Balaban J connectivity index is 0.000000134. The quantitative estimate of drug-likeness (QED) is 0.0295. The van der Waals surface area contributed by atoms with Crippen LogP contribution < -0.4 is 21.7 Å². The van der Waals surface area contributed by atoms with Gasteiger partial charge in [-0.15, -0.1) is 20.4 Å². The number of nitrogens with two attached hydrogens (primary N) is 1. The second-order valence-corrected chi connectivity index (χ2v) is 24.8. The molecule has 11 heterocycles. The Bertz CT molecular complexity index is 6030. The van der Waals surface area contributed by atoms with Gasteiger partial charge in [0.05, 0.1) is 94.8 Å². The maximum Gasteiger partial charge on any atom is 0.396 e. The number of pyridine rings is 6. The summed E-state index contributed by atoms with van der Waals surface area (Å²) >= 11 is 0. The number of fused-ring (bicyclic) bond motifs is 3. The fraction of sp³-hybridized carbons (Fsp3) is 0.0588. The number of nitrogens with zero attached hydrogens (tertiary/aromatic N) is 16. The van der Waals surface area contributed by atoms with Gasteiger partial charge in [0.15, 0.2) is 17.5 Å². The number of aromatic nitrogens is 16. The van der Waals surface area contributed by atoms with E-state index in [9.17, 15) is 19.2 Å². The molecule has 113 heavy (non-hydrogen) atoms. The Kier molecular flexibility index (Phi) is 21.7. The van der Waals surface area contributed by atoms with Gasteiger partial charge >= 0.3 is 23.7 Å². The fourth-order valence-electron chi connectivity index (χ4n) is 12.1. The molecule has 28 nitrogen and oxygen atoms in total. The average Bonchev–Trinajstić information content (AvgIpc) is 1.52. The molecule has 17 aromatic rings. The molecule has 0 spiro atoms. The molecule has 0 bridgehead atoms. The third kappa shape index (κ3) is 16.8. The van der Waals surface area contributed by atoms with Gasteiger partial charge in [-0.1, -0.05) is 146 Å². The molecule has 17 rings (SSSR count). The van der Waals surface area contributed by atoms with Crippen LogP contribution in [-0.2, 0) is 33.9 Å². The van der Waals surface area contributed by atoms with Crippen LogP contribution in [0.25, 0.3) is 123 Å². The number of carbonyl (C=O) groups excluding carboxylic acids is 4. The van der Waals surface area contributed by atoms with Crippen molar-refractivity contribution in [3.05, 3.63) is 309 Å². The van der Waals surface area contributed by atoms with Crippen molar-refractivity contribution in [3.8, 4) is 90.5 Å². The van der Waals surface area contributed by atoms with Crippen LogP contribution in [0.3, 0.4) is 0 Å². The number of primary amides is 1. The normalized spacial score (nSPS) is 10.8. The first-order chi connectivity index (χ1) is 55.5. The Morgan fingerprint density at radius 3 is 1.03 bits per heavy atom. The van der Waals surface area contributed by atoms with E-state index in [0.29, 0.717) is 87.9 Å². The maximum absolute atomic E-state index is 12.1. The Labute approximate surface area is 642 Å². The van der Waals surface area contributed by atoms with E-state index < -0.39 is 23.6 Å². The van der Waals surface area contributed by atoms with Crippen LogP contribution in [0.15, 0.2) is 283 Å². The van der Waals surface area contributed by atoms with E-state index >= 15 is 0 Å². The van der Waals surface area contributed by atoms with Gasteiger partial charge in [-0.3, -0.25) is 39.5 Å². The number of anilines is 3. The predicted octanol–water partition coefficient (Wildman–Crippen LogP) is 14.4. The lowest BCUT2D eigenvalue weighted by Gasteiger charge is -2.14. The zero-order chi connectivity index (χ0) is 77.4. The number of carbonyl (C=O) groups is 4. The van der Waals surface area contributed by atoms with Crippen LogP contribution in [0.2, 0.25) is 0 Å². The van der Waals surface area contributed by atoms with E-state index in [-0.39, 0.29) is 29.1 Å². The molecular weight excluding hydrogens is 1430 g/mol. The van der Waals surface area contributed by atoms with Gasteiger partial charge in [0.25, 0.3) is 11.7 Å². The Morgan fingerprint density at radius 1 is 0.354 bits per heavy atom. The van der Waals surface area contributed by atoms with Crippen molar-refractivity contribution in [3.63, 3.8) is 0 Å². The summed E-state index contributed by atoms with van der Waals surface area (Å²) < 4.78 is 20.2. The summed E-state index contributed by atoms with van der Waals surface area (Å²) in [6.45, 7) is 1.41. The summed E-state index contributed by atoms with van der Waals surface area (Å²) in [5.74, 6) is -0.307. The highest BCUT2D eigenvalue weighted by atomic mass is 16.5. The number of benzene rings is 6. The van der Waals surface area contributed by atoms with Crippen molar-refractivity contribution >= 4 is 73.8 Å². The third-order valence-electron chi connectivity index (χ3n) is 17.5. The number of hydrogen-bond donors (Lipinski definition) is 4. The lowest BCUT2D eigenvalue weighted by atomic mass is 10.0. The molecule has 5 N–H and O–H groups in total. The third-order valence-corrected chi connectivity index (χ3v) is 17.5. The summed E-state index contributed by atoms with van der Waals surface area (Å²) in [7, 11) is 2.49. The molecule has 0 unspecified atom stereocenters. The summed E-state index contributed by atoms with van der Waals surface area (Å²) in [6, 6.07) is 70.5. The number of ketones is 1. The molecule has 0 aliphatic rings. The molecule has 0 saturated heterocycles. The molecule has 1 amide bonds. The first-order valence-electron chi connectivity index (χ1n) is 35.0. The molecule has 0 radical (unpaired) electrons. The lowest BCUT2D eigenvalue weighted by molar-refractivity contribution is -0.114. The van der Waals surface area contributed by atoms with Gasteiger partial charge in [0.1, 0.15) is 17.5 Å². The van der Waals surface area contributed by atoms with Crippen LogP contribution >= 0.6 is 0 Å². The Morgan fingerprint density at radius 2 is 0.690 bits per heavy atom. The molecule has 550 valence electrons. The van der Waals surface area contributed by atoms with Crippen LogP contribution in [0, 0.1) is 0 Å². The smallest absolute Gasteiger partial charge is 0.396 e. The minimum absolute atomic E-state index is 0.0831. The monoisotopic (exact) mass is 1490 g/mol. The number of nitrogens with one attached hydrogen (secondary N) is 3. The van der Waals surface area contributed by atoms with Crippen LogP contribution in [0.1, 0.15) is 48.8 Å². The van der Waals surface area contributed by atoms with Crippen LogP contribution in [0.4, 0.5) is 17.5 Å². The zero-order valence-electron chi connectivity index (χ0n) is 60.1. The standard InChI is InChI=1S/2C29H21N7O3.C27H20N6O2/c2*1-38-29(37)28-36-35-27(39-28)20-14-19(15-30-16-20)25-33-23-12-7-11-22(18-8-3-2-4-9-18)24(23)26(34-25)32-17-21-10-5-6-13-31-21;28-25(35)24(34)18-13-19(15-29-14-18)26-32-22-11-6-10-21(17-7-2-1-3-8-17)23(22)27(33-26)31-16-20-9-4-5-12-30-20/h2*2-16H,17H2,1H3,(H,32,33,34);1-15H,16H2,(H2,28,35)(H,31,32,33). The van der Waals surface area contributed by atoms with Crippen LogP contribution in [0.5, 0.6) is 0 Å². The zero-order valence-corrected chi connectivity index (χ0v) is 60.1. The van der Waals surface area contributed by atoms with Crippen molar-refractivity contribution in [2.75, 3.05) is 30.2 Å². The van der Waals surface area contributed by atoms with Gasteiger partial charge in [0.2, 0.25) is 11.8 Å². The minimum Gasteiger partial charge on any atom is -0.462 e. The number of hydrogen-bond acceptors (Lipinski definition) is 27. The maximum atomic E-state index is 12.1. The number of Topliss-reactive ketones (excluding diaryl/α,β-unsaturated/α-hetero) is 1. The number of amides is 1. The first-order valence-corrected chi connectivity index (χ1v) is 35.0. The largest absolute Gasteiger partial charge is 0.462 e. The van der Waals surface area contributed by atoms with E-state index in [0.717, 1.165) is 77.7 Å². The molecule has 0 atom stereocenters. The molecular formula is C85H62N20O8. The van der Waals surface area contributed by atoms with E-state index in [1.165, 1.54) is 26.5 Å². The predicted molar refractivity (Wildman–Crippen MR) is 422 cm³/mol. The second-order valence-electron chi connectivity index (χ2n) is 24.8. The van der Waals surface area contributed by atoms with Crippen molar-refractivity contribution in [1.29, 1.82) is 0 Å². The number of methoxy groups -OCH3 is 2. The van der Waals surface area contributed by atoms with Gasteiger partial charge < -0.3 is 40.0 Å². The lowest BCUT2D eigenvalue weighted by Crippen LogP contribution is -2.23. The molecule has 0 fully saturated rings. The number of ether oxygens (including phenoxy) is 2. The van der Waals surface area contributed by atoms with Gasteiger partial charge in [-0.25, -0.2) is 39.5 Å². The molecule has 0 aliphatic carbocycles. The topological polar surface area (TPSA) is 381 Å². The summed E-state index contributed by atoms with van der Waals surface area (Å²) in [6.07, 6.45) is 14.5. The highest BCUT2D eigenvalue weighted by Crippen LogP contribution is 2.39. The SMILES string of the molecule is COC(=O)c1nnc(-c2cncc(-c3nc(NCc4ccccn4)c4c(-c5ccccc5)cccc4n3)c2)o1.COC(=O)c1nnc(-c2cncc(-c3nc(NCc4ccccn4)c4c(-c5ccccc5)cccc4n3)c2)o1.NC(=O)C(=O)c1cncc(-c2nc(NCc3ccccn3)c3c(-c4ccccc4)cccc3n2)c1. The van der Waals surface area contributed by atoms with Crippen molar-refractivity contribution in [1.82, 2.24) is 80.2 Å². The fourth-order valence-corrected chi connectivity index (χ4v) is 12.1. The van der Waals surface area contributed by atoms with Crippen molar-refractivity contribution in [2.45, 2.75) is 19.6 Å². The van der Waals surface area contributed by atoms with E-state index in [2.05, 4.69) is 112 Å². The summed E-state index contributed by atoms with van der Waals surface area (Å²) in [5.41, 5.74) is 19.0. The molecule has 11 aromatic heterocycles. The van der Waals surface area contributed by atoms with Gasteiger partial charge in [-0.05, 0) is 106 Å². The van der Waals surface area contributed by atoms with E-state index in [4.69, 9.17) is 44.5 Å². The second kappa shape index (κ2) is 33.8. The minimum atomic E-state index is -1.05. The highest BCUT2D eigenvalue weighted by Gasteiger charge is 2.24. The summed E-state index contributed by atoms with van der Waals surface area (Å²) in [5, 5.41) is 28.4. The van der Waals surface area contributed by atoms with Crippen molar-refractivity contribution in [2.24, 2.45) is 5.73 Å². The van der Waals surface area contributed by atoms with E-state index in [1.807, 2.05) is 164 Å².